The predicted molar refractivity (Wildman–Crippen MR) is 73.0 cm³/mol. The minimum absolute atomic E-state index is 0.169. The van der Waals surface area contributed by atoms with Crippen molar-refractivity contribution in [1.82, 2.24) is 0 Å². The Labute approximate surface area is 117 Å². The average molecular weight is 278 g/mol. The Balaban J connectivity index is 1.77. The number of hydrogen-bond acceptors (Lipinski definition) is 5. The normalized spacial score (nSPS) is 21.2. The fourth-order valence-corrected chi connectivity index (χ4v) is 1.82. The minimum atomic E-state index is -0.612. The van der Waals surface area contributed by atoms with Gasteiger partial charge in [-0.15, -0.1) is 0 Å². The molecule has 0 aliphatic carbocycles. The van der Waals surface area contributed by atoms with E-state index in [9.17, 15) is 4.79 Å². The van der Waals surface area contributed by atoms with Crippen LogP contribution in [0.3, 0.4) is 0 Å². The highest BCUT2D eigenvalue weighted by Crippen LogP contribution is 2.22. The highest BCUT2D eigenvalue weighted by Gasteiger charge is 2.33. The van der Waals surface area contributed by atoms with Crippen LogP contribution < -0.4 is 0 Å². The Bertz CT molecular complexity index is 489. The number of rotatable bonds is 4. The summed E-state index contributed by atoms with van der Waals surface area (Å²) in [6, 6.07) is 6.51. The molecule has 0 saturated carbocycles. The van der Waals surface area contributed by atoms with Gasteiger partial charge in [0, 0.05) is 6.08 Å². The fourth-order valence-electron chi connectivity index (χ4n) is 1.82. The van der Waals surface area contributed by atoms with E-state index in [1.165, 1.54) is 6.08 Å². The molecule has 1 saturated heterocycles. The third-order valence-corrected chi connectivity index (χ3v) is 2.78. The van der Waals surface area contributed by atoms with E-state index in [4.69, 9.17) is 19.3 Å². The Hall–Kier alpha value is -1.85. The summed E-state index contributed by atoms with van der Waals surface area (Å²) < 4.78 is 16.0. The van der Waals surface area contributed by atoms with Crippen molar-refractivity contribution >= 4 is 12.0 Å². The predicted octanol–water partition coefficient (Wildman–Crippen LogP) is 2.10. The maximum absolute atomic E-state index is 11.5. The van der Waals surface area contributed by atoms with Crippen LogP contribution in [0.1, 0.15) is 19.4 Å². The molecular formula is C15H18O5. The van der Waals surface area contributed by atoms with Crippen molar-refractivity contribution in [2.24, 2.45) is 0 Å². The van der Waals surface area contributed by atoms with Gasteiger partial charge in [0.1, 0.15) is 18.5 Å². The second-order valence-corrected chi connectivity index (χ2v) is 5.01. The van der Waals surface area contributed by atoms with Crippen molar-refractivity contribution in [2.75, 3.05) is 13.2 Å². The van der Waals surface area contributed by atoms with Crippen molar-refractivity contribution in [1.29, 1.82) is 0 Å². The summed E-state index contributed by atoms with van der Waals surface area (Å²) in [5, 5.41) is 9.14. The van der Waals surface area contributed by atoms with E-state index in [1.807, 2.05) is 13.8 Å². The quantitative estimate of drug-likeness (QED) is 0.675. The van der Waals surface area contributed by atoms with E-state index in [1.54, 1.807) is 30.3 Å². The van der Waals surface area contributed by atoms with Crippen molar-refractivity contribution in [3.63, 3.8) is 0 Å². The maximum atomic E-state index is 11.5. The largest absolute Gasteiger partial charge is 0.508 e. The summed E-state index contributed by atoms with van der Waals surface area (Å²) in [7, 11) is 0. The summed E-state index contributed by atoms with van der Waals surface area (Å²) in [6.07, 6.45) is 2.74. The lowest BCUT2D eigenvalue weighted by Gasteiger charge is -2.16. The topological polar surface area (TPSA) is 65.0 Å². The Morgan fingerprint density at radius 3 is 2.75 bits per heavy atom. The molecule has 5 nitrogen and oxygen atoms in total. The number of ether oxygens (including phenoxy) is 3. The highest BCUT2D eigenvalue weighted by atomic mass is 16.7. The third kappa shape index (κ3) is 4.36. The lowest BCUT2D eigenvalue weighted by Crippen LogP contribution is -2.24. The van der Waals surface area contributed by atoms with E-state index < -0.39 is 11.8 Å². The van der Waals surface area contributed by atoms with Crippen LogP contribution in [0.25, 0.3) is 6.08 Å². The van der Waals surface area contributed by atoms with E-state index >= 15 is 0 Å². The zero-order chi connectivity index (χ0) is 14.6. The molecular weight excluding hydrogens is 260 g/mol. The monoisotopic (exact) mass is 278 g/mol. The van der Waals surface area contributed by atoms with Gasteiger partial charge in [-0.05, 0) is 37.6 Å². The van der Waals surface area contributed by atoms with Crippen molar-refractivity contribution in [3.05, 3.63) is 35.9 Å². The van der Waals surface area contributed by atoms with Gasteiger partial charge in [0.2, 0.25) is 0 Å². The molecule has 1 N–H and O–H groups in total. The number of hydrogen-bond donors (Lipinski definition) is 1. The van der Waals surface area contributed by atoms with E-state index in [-0.39, 0.29) is 18.5 Å². The first kappa shape index (κ1) is 14.6. The Morgan fingerprint density at radius 1 is 1.45 bits per heavy atom. The van der Waals surface area contributed by atoms with Gasteiger partial charge < -0.3 is 19.3 Å². The van der Waals surface area contributed by atoms with Gasteiger partial charge in [0.25, 0.3) is 0 Å². The van der Waals surface area contributed by atoms with Crippen molar-refractivity contribution in [2.45, 2.75) is 25.7 Å². The summed E-state index contributed by atoms with van der Waals surface area (Å²) in [5.41, 5.74) is 0.807. The lowest BCUT2D eigenvalue weighted by atomic mass is 10.2. The molecule has 0 unspecified atom stereocenters. The number of esters is 1. The summed E-state index contributed by atoms with van der Waals surface area (Å²) in [4.78, 5) is 11.5. The SMILES string of the molecule is CC1(C)OC[C@@H](COC(=O)C=Cc2ccc(O)cc2)O1. The molecule has 1 aromatic carbocycles. The second kappa shape index (κ2) is 6.07. The molecule has 20 heavy (non-hydrogen) atoms. The number of benzene rings is 1. The highest BCUT2D eigenvalue weighted by molar-refractivity contribution is 5.87. The minimum Gasteiger partial charge on any atom is -0.508 e. The van der Waals surface area contributed by atoms with Crippen LogP contribution in [0.5, 0.6) is 5.75 Å². The van der Waals surface area contributed by atoms with Gasteiger partial charge in [-0.2, -0.15) is 0 Å². The zero-order valence-electron chi connectivity index (χ0n) is 11.5. The zero-order valence-corrected chi connectivity index (χ0v) is 11.5. The van der Waals surface area contributed by atoms with Crippen LogP contribution in [0.4, 0.5) is 0 Å². The molecule has 1 heterocycles. The molecule has 1 aliphatic rings. The van der Waals surface area contributed by atoms with Crippen LogP contribution >= 0.6 is 0 Å². The molecule has 0 bridgehead atoms. The molecule has 0 radical (unpaired) electrons. The van der Waals surface area contributed by atoms with Crippen molar-refractivity contribution < 1.29 is 24.1 Å². The molecule has 0 amide bonds. The van der Waals surface area contributed by atoms with Crippen molar-refractivity contribution in [3.8, 4) is 5.75 Å². The molecule has 1 aromatic rings. The van der Waals surface area contributed by atoms with Gasteiger partial charge in [-0.1, -0.05) is 12.1 Å². The molecule has 1 fully saturated rings. The van der Waals surface area contributed by atoms with Gasteiger partial charge >= 0.3 is 5.97 Å². The summed E-state index contributed by atoms with van der Waals surface area (Å²) in [6.45, 7) is 4.23. The van der Waals surface area contributed by atoms with Gasteiger partial charge in [-0.3, -0.25) is 0 Å². The first-order valence-electron chi connectivity index (χ1n) is 6.40. The first-order valence-corrected chi connectivity index (χ1v) is 6.40. The van der Waals surface area contributed by atoms with E-state index in [2.05, 4.69) is 0 Å². The number of phenols is 1. The maximum Gasteiger partial charge on any atom is 0.330 e. The lowest BCUT2D eigenvalue weighted by molar-refractivity contribution is -0.154. The van der Waals surface area contributed by atoms with Crippen LogP contribution in [-0.4, -0.2) is 36.2 Å². The molecule has 108 valence electrons. The number of phenolic OH excluding ortho intramolecular Hbond substituents is 1. The first-order chi connectivity index (χ1) is 9.44. The molecule has 5 heteroatoms. The van der Waals surface area contributed by atoms with Crippen LogP contribution in [0.15, 0.2) is 30.3 Å². The average Bonchev–Trinajstić information content (AvgIpc) is 2.75. The number of aromatic hydroxyl groups is 1. The van der Waals surface area contributed by atoms with Gasteiger partial charge in [0.15, 0.2) is 5.79 Å². The van der Waals surface area contributed by atoms with Gasteiger partial charge in [-0.25, -0.2) is 4.79 Å². The Morgan fingerprint density at radius 2 is 2.15 bits per heavy atom. The number of carbonyl (C=O) groups is 1. The summed E-state index contributed by atoms with van der Waals surface area (Å²) >= 11 is 0. The summed E-state index contributed by atoms with van der Waals surface area (Å²) in [5.74, 6) is -0.865. The third-order valence-electron chi connectivity index (χ3n) is 2.78. The van der Waals surface area contributed by atoms with E-state index in [0.29, 0.717) is 6.61 Å². The molecule has 2 rings (SSSR count). The van der Waals surface area contributed by atoms with Crippen LogP contribution in [0.2, 0.25) is 0 Å². The molecule has 0 aromatic heterocycles. The molecule has 1 aliphatic heterocycles. The number of carbonyl (C=O) groups excluding carboxylic acids is 1. The second-order valence-electron chi connectivity index (χ2n) is 5.01. The Kier molecular flexibility index (Phi) is 4.42. The molecule has 1 atom stereocenters. The van der Waals surface area contributed by atoms with Gasteiger partial charge in [0.05, 0.1) is 6.61 Å². The van der Waals surface area contributed by atoms with Crippen LogP contribution in [-0.2, 0) is 19.0 Å². The smallest absolute Gasteiger partial charge is 0.330 e. The standard InChI is InChI=1S/C15H18O5/c1-15(2)19-10-13(20-15)9-18-14(17)8-5-11-3-6-12(16)7-4-11/h3-8,13,16H,9-10H2,1-2H3/t13-/m1/s1. The fraction of sp³-hybridized carbons (Fsp3) is 0.400. The van der Waals surface area contributed by atoms with Crippen LogP contribution in [0, 0.1) is 0 Å². The molecule has 0 spiro atoms. The van der Waals surface area contributed by atoms with E-state index in [0.717, 1.165) is 5.56 Å².